The Hall–Kier alpha value is -1.39. The molecule has 0 saturated carbocycles. The molecular formula is C10H15NO4. The zero-order valence-corrected chi connectivity index (χ0v) is 8.77. The van der Waals surface area contributed by atoms with E-state index in [0.717, 1.165) is 12.8 Å². The second-order valence-corrected chi connectivity index (χ2v) is 3.52. The zero-order chi connectivity index (χ0) is 11.3. The van der Waals surface area contributed by atoms with Crippen LogP contribution < -0.4 is 0 Å². The minimum Gasteiger partial charge on any atom is -0.466 e. The van der Waals surface area contributed by atoms with Gasteiger partial charge in [0.05, 0.1) is 23.9 Å². The minimum absolute atomic E-state index is 0.126. The summed E-state index contributed by atoms with van der Waals surface area (Å²) in [5.41, 5.74) is 0.175. The third kappa shape index (κ3) is 3.34. The van der Waals surface area contributed by atoms with E-state index >= 15 is 0 Å². The molecule has 1 aliphatic rings. The minimum atomic E-state index is -0.386. The average molecular weight is 213 g/mol. The van der Waals surface area contributed by atoms with E-state index < -0.39 is 0 Å². The molecule has 5 heteroatoms. The fourth-order valence-electron chi connectivity index (χ4n) is 1.78. The van der Waals surface area contributed by atoms with Crippen molar-refractivity contribution in [1.29, 1.82) is 0 Å². The summed E-state index contributed by atoms with van der Waals surface area (Å²) >= 11 is 0. The van der Waals surface area contributed by atoms with Crippen LogP contribution in [0.5, 0.6) is 0 Å². The number of carbonyl (C=O) groups is 1. The monoisotopic (exact) mass is 213 g/mol. The summed E-state index contributed by atoms with van der Waals surface area (Å²) < 4.78 is 4.78. The Balaban J connectivity index is 2.59. The van der Waals surface area contributed by atoms with Crippen LogP contribution >= 0.6 is 0 Å². The second kappa shape index (κ2) is 5.48. The zero-order valence-electron chi connectivity index (χ0n) is 8.77. The van der Waals surface area contributed by atoms with Gasteiger partial charge in [-0.25, -0.2) is 0 Å². The van der Waals surface area contributed by atoms with Gasteiger partial charge in [0.2, 0.25) is 5.70 Å². The summed E-state index contributed by atoms with van der Waals surface area (Å²) in [6.45, 7) is 2.05. The lowest BCUT2D eigenvalue weighted by Gasteiger charge is -2.16. The highest BCUT2D eigenvalue weighted by molar-refractivity contribution is 5.70. The van der Waals surface area contributed by atoms with Crippen molar-refractivity contribution in [3.05, 3.63) is 21.9 Å². The van der Waals surface area contributed by atoms with Gasteiger partial charge in [-0.1, -0.05) is 0 Å². The highest BCUT2D eigenvalue weighted by Crippen LogP contribution is 2.28. The van der Waals surface area contributed by atoms with Crippen LogP contribution in [0.25, 0.3) is 0 Å². The van der Waals surface area contributed by atoms with Crippen molar-refractivity contribution in [3.63, 3.8) is 0 Å². The van der Waals surface area contributed by atoms with Crippen molar-refractivity contribution in [2.45, 2.75) is 32.6 Å². The van der Waals surface area contributed by atoms with E-state index in [0.29, 0.717) is 13.0 Å². The fourth-order valence-corrected chi connectivity index (χ4v) is 1.78. The highest BCUT2D eigenvalue weighted by atomic mass is 16.6. The molecule has 5 nitrogen and oxygen atoms in total. The number of carbonyl (C=O) groups excluding carboxylic acids is 1. The van der Waals surface area contributed by atoms with Gasteiger partial charge >= 0.3 is 5.97 Å². The van der Waals surface area contributed by atoms with E-state index in [-0.39, 0.29) is 28.9 Å². The smallest absolute Gasteiger partial charge is 0.306 e. The van der Waals surface area contributed by atoms with Gasteiger partial charge in [-0.3, -0.25) is 14.9 Å². The number of rotatable bonds is 4. The molecule has 0 aromatic heterocycles. The normalized spacial score (nSPS) is 20.6. The summed E-state index contributed by atoms with van der Waals surface area (Å²) in [7, 11) is 0. The lowest BCUT2D eigenvalue weighted by atomic mass is 9.90. The molecule has 0 heterocycles. The number of esters is 1. The molecule has 1 aliphatic carbocycles. The Labute approximate surface area is 88.3 Å². The van der Waals surface area contributed by atoms with E-state index in [2.05, 4.69) is 0 Å². The molecule has 84 valence electrons. The molecule has 1 unspecified atom stereocenters. The summed E-state index contributed by atoms with van der Waals surface area (Å²) in [6.07, 6.45) is 4.08. The van der Waals surface area contributed by atoms with E-state index in [1.807, 2.05) is 0 Å². The topological polar surface area (TPSA) is 69.4 Å². The number of nitro groups is 1. The van der Waals surface area contributed by atoms with E-state index in [4.69, 9.17) is 4.74 Å². The molecule has 1 rings (SSSR count). The quantitative estimate of drug-likeness (QED) is 0.406. The van der Waals surface area contributed by atoms with Crippen LogP contribution in [0.2, 0.25) is 0 Å². The van der Waals surface area contributed by atoms with Crippen LogP contribution in [-0.2, 0) is 9.53 Å². The summed E-state index contributed by atoms with van der Waals surface area (Å²) in [5.74, 6) is -0.620. The Morgan fingerprint density at radius 1 is 1.73 bits per heavy atom. The maximum atomic E-state index is 11.2. The molecule has 0 aliphatic heterocycles. The first-order valence-electron chi connectivity index (χ1n) is 5.15. The van der Waals surface area contributed by atoms with Crippen molar-refractivity contribution < 1.29 is 14.5 Å². The number of hydrogen-bond donors (Lipinski definition) is 0. The van der Waals surface area contributed by atoms with Crippen LogP contribution in [-0.4, -0.2) is 17.5 Å². The van der Waals surface area contributed by atoms with Crippen molar-refractivity contribution in [3.8, 4) is 0 Å². The van der Waals surface area contributed by atoms with Crippen LogP contribution in [0.4, 0.5) is 0 Å². The molecule has 0 aromatic rings. The largest absolute Gasteiger partial charge is 0.466 e. The maximum Gasteiger partial charge on any atom is 0.306 e. The summed E-state index contributed by atoms with van der Waals surface area (Å²) in [6, 6.07) is 0. The van der Waals surface area contributed by atoms with Gasteiger partial charge in [0.15, 0.2) is 0 Å². The predicted molar refractivity (Wildman–Crippen MR) is 53.7 cm³/mol. The van der Waals surface area contributed by atoms with Crippen molar-refractivity contribution in [2.75, 3.05) is 6.61 Å². The molecule has 0 amide bonds. The number of nitrogens with zero attached hydrogens (tertiary/aromatic N) is 1. The molecule has 0 radical (unpaired) electrons. The number of hydrogen-bond acceptors (Lipinski definition) is 4. The third-order valence-electron chi connectivity index (χ3n) is 2.46. The summed E-state index contributed by atoms with van der Waals surface area (Å²) in [4.78, 5) is 21.5. The lowest BCUT2D eigenvalue weighted by molar-refractivity contribution is -0.435. The van der Waals surface area contributed by atoms with E-state index in [9.17, 15) is 14.9 Å². The van der Waals surface area contributed by atoms with Crippen molar-refractivity contribution >= 4 is 5.97 Å². The molecule has 1 atom stereocenters. The van der Waals surface area contributed by atoms with Crippen molar-refractivity contribution in [1.82, 2.24) is 0 Å². The first kappa shape index (κ1) is 11.7. The fraction of sp³-hybridized carbons (Fsp3) is 0.700. The maximum absolute atomic E-state index is 11.2. The summed E-state index contributed by atoms with van der Waals surface area (Å²) in [5, 5.41) is 10.7. The van der Waals surface area contributed by atoms with E-state index in [1.165, 1.54) is 0 Å². The first-order valence-corrected chi connectivity index (χ1v) is 5.15. The molecule has 0 fully saturated rings. The van der Waals surface area contributed by atoms with E-state index in [1.54, 1.807) is 13.0 Å². The Bertz CT molecular complexity index is 285. The lowest BCUT2D eigenvalue weighted by Crippen LogP contribution is -2.20. The van der Waals surface area contributed by atoms with Crippen LogP contribution in [0.3, 0.4) is 0 Å². The van der Waals surface area contributed by atoms with Crippen LogP contribution in [0.15, 0.2) is 11.8 Å². The van der Waals surface area contributed by atoms with Gasteiger partial charge in [-0.05, 0) is 32.3 Å². The Kier molecular flexibility index (Phi) is 4.27. The molecule has 0 saturated heterocycles. The molecule has 0 N–H and O–H groups in total. The van der Waals surface area contributed by atoms with Gasteiger partial charge in [-0.2, -0.15) is 0 Å². The second-order valence-electron chi connectivity index (χ2n) is 3.52. The van der Waals surface area contributed by atoms with Crippen LogP contribution in [0.1, 0.15) is 32.6 Å². The molecule has 0 aromatic carbocycles. The van der Waals surface area contributed by atoms with Gasteiger partial charge in [0, 0.05) is 0 Å². The van der Waals surface area contributed by atoms with Gasteiger partial charge in [0.1, 0.15) is 0 Å². The standard InChI is InChI=1S/C10H15NO4/c1-2-15-10(12)7-8-5-3-4-6-9(8)11(13)14/h6,8H,2-5,7H2,1H3. The molecule has 0 bridgehead atoms. The Morgan fingerprint density at radius 3 is 3.07 bits per heavy atom. The number of ether oxygens (including phenoxy) is 1. The first-order chi connectivity index (χ1) is 7.15. The van der Waals surface area contributed by atoms with Gasteiger partial charge in [0.25, 0.3) is 0 Å². The number of allylic oxidation sites excluding steroid dienone is 2. The SMILES string of the molecule is CCOC(=O)CC1CCCC=C1[N+](=O)[O-]. The predicted octanol–water partition coefficient (Wildman–Crippen LogP) is 1.90. The Morgan fingerprint density at radius 2 is 2.47 bits per heavy atom. The molecular weight excluding hydrogens is 198 g/mol. The van der Waals surface area contributed by atoms with Gasteiger partial charge in [-0.15, -0.1) is 0 Å². The average Bonchev–Trinajstić information content (AvgIpc) is 2.18. The van der Waals surface area contributed by atoms with Gasteiger partial charge < -0.3 is 4.74 Å². The molecule has 15 heavy (non-hydrogen) atoms. The third-order valence-corrected chi connectivity index (χ3v) is 2.46. The highest BCUT2D eigenvalue weighted by Gasteiger charge is 2.29. The molecule has 0 spiro atoms. The van der Waals surface area contributed by atoms with Crippen LogP contribution in [0, 0.1) is 16.0 Å². The van der Waals surface area contributed by atoms with Crippen molar-refractivity contribution in [2.24, 2.45) is 5.92 Å².